The topological polar surface area (TPSA) is 26.3 Å². The van der Waals surface area contributed by atoms with Gasteiger partial charge >= 0.3 is 5.97 Å². The van der Waals surface area contributed by atoms with Gasteiger partial charge in [-0.25, -0.2) is 0 Å². The SMILES string of the molecule is COC(=O)C1(Sc2ccc(C(C)C)cc2)CCC1. The van der Waals surface area contributed by atoms with E-state index >= 15 is 0 Å². The zero-order valence-electron chi connectivity index (χ0n) is 11.2. The van der Waals surface area contributed by atoms with Gasteiger partial charge < -0.3 is 4.74 Å². The molecular weight excluding hydrogens is 244 g/mol. The number of esters is 1. The first-order valence-corrected chi connectivity index (χ1v) is 7.26. The number of thioether (sulfide) groups is 1. The van der Waals surface area contributed by atoms with Gasteiger partial charge in [0, 0.05) is 4.90 Å². The van der Waals surface area contributed by atoms with Gasteiger partial charge in [-0.3, -0.25) is 4.79 Å². The van der Waals surface area contributed by atoms with Gasteiger partial charge in [-0.15, -0.1) is 11.8 Å². The van der Waals surface area contributed by atoms with Crippen LogP contribution in [0.1, 0.15) is 44.6 Å². The molecule has 0 radical (unpaired) electrons. The zero-order chi connectivity index (χ0) is 13.2. The van der Waals surface area contributed by atoms with E-state index in [1.54, 1.807) is 11.8 Å². The highest BCUT2D eigenvalue weighted by Gasteiger charge is 2.46. The molecule has 0 unspecified atom stereocenters. The number of hydrogen-bond acceptors (Lipinski definition) is 3. The molecule has 0 amide bonds. The minimum Gasteiger partial charge on any atom is -0.468 e. The number of rotatable bonds is 4. The van der Waals surface area contributed by atoms with Crippen molar-refractivity contribution >= 4 is 17.7 Å². The average molecular weight is 264 g/mol. The molecule has 0 heterocycles. The summed E-state index contributed by atoms with van der Waals surface area (Å²) in [6, 6.07) is 8.53. The second-order valence-corrected chi connectivity index (χ2v) is 6.62. The summed E-state index contributed by atoms with van der Waals surface area (Å²) in [5.41, 5.74) is 1.33. The third kappa shape index (κ3) is 2.56. The van der Waals surface area contributed by atoms with E-state index in [1.165, 1.54) is 12.7 Å². The van der Waals surface area contributed by atoms with Crippen molar-refractivity contribution in [3.05, 3.63) is 29.8 Å². The molecule has 0 bridgehead atoms. The summed E-state index contributed by atoms with van der Waals surface area (Å²) in [6.07, 6.45) is 2.97. The quantitative estimate of drug-likeness (QED) is 0.769. The van der Waals surface area contributed by atoms with Gasteiger partial charge in [-0.05, 0) is 42.9 Å². The highest BCUT2D eigenvalue weighted by atomic mass is 32.2. The van der Waals surface area contributed by atoms with Crippen molar-refractivity contribution in [3.8, 4) is 0 Å². The van der Waals surface area contributed by atoms with Crippen molar-refractivity contribution in [3.63, 3.8) is 0 Å². The van der Waals surface area contributed by atoms with Gasteiger partial charge in [0.25, 0.3) is 0 Å². The first kappa shape index (κ1) is 13.5. The van der Waals surface area contributed by atoms with Crippen molar-refractivity contribution < 1.29 is 9.53 Å². The molecule has 1 aromatic carbocycles. The van der Waals surface area contributed by atoms with Gasteiger partial charge in [0.05, 0.1) is 7.11 Å². The van der Waals surface area contributed by atoms with Crippen molar-refractivity contribution in [2.45, 2.75) is 48.7 Å². The van der Waals surface area contributed by atoms with Crippen LogP contribution in [0.2, 0.25) is 0 Å². The third-order valence-electron chi connectivity index (χ3n) is 3.58. The minimum absolute atomic E-state index is 0.0771. The fourth-order valence-electron chi connectivity index (χ4n) is 2.18. The molecule has 0 atom stereocenters. The van der Waals surface area contributed by atoms with E-state index in [0.717, 1.165) is 24.2 Å². The lowest BCUT2D eigenvalue weighted by atomic mass is 9.84. The van der Waals surface area contributed by atoms with Crippen LogP contribution in [0.15, 0.2) is 29.2 Å². The van der Waals surface area contributed by atoms with Crippen molar-refractivity contribution in [2.75, 3.05) is 7.11 Å². The predicted octanol–water partition coefficient (Wildman–Crippen LogP) is 4.00. The molecule has 1 aliphatic carbocycles. The Kier molecular flexibility index (Phi) is 4.00. The Morgan fingerprint density at radius 3 is 2.28 bits per heavy atom. The van der Waals surface area contributed by atoms with Gasteiger partial charge in [-0.1, -0.05) is 26.0 Å². The summed E-state index contributed by atoms with van der Waals surface area (Å²) in [5, 5.41) is 0. The molecule has 0 saturated heterocycles. The van der Waals surface area contributed by atoms with E-state index in [-0.39, 0.29) is 10.7 Å². The van der Waals surface area contributed by atoms with Crippen molar-refractivity contribution in [1.29, 1.82) is 0 Å². The Morgan fingerprint density at radius 2 is 1.89 bits per heavy atom. The molecule has 2 nitrogen and oxygen atoms in total. The molecule has 1 fully saturated rings. The summed E-state index contributed by atoms with van der Waals surface area (Å²) < 4.78 is 4.61. The number of carbonyl (C=O) groups is 1. The predicted molar refractivity (Wildman–Crippen MR) is 75.0 cm³/mol. The third-order valence-corrected chi connectivity index (χ3v) is 5.05. The summed E-state index contributed by atoms with van der Waals surface area (Å²) in [4.78, 5) is 13.0. The van der Waals surface area contributed by atoms with Crippen LogP contribution in [-0.4, -0.2) is 17.8 Å². The maximum Gasteiger partial charge on any atom is 0.322 e. The number of methoxy groups -OCH3 is 1. The molecular formula is C15H20O2S. The van der Waals surface area contributed by atoms with E-state index in [2.05, 4.69) is 38.1 Å². The van der Waals surface area contributed by atoms with Crippen LogP contribution in [0.25, 0.3) is 0 Å². The number of benzene rings is 1. The average Bonchev–Trinajstić information content (AvgIpc) is 2.33. The van der Waals surface area contributed by atoms with Crippen LogP contribution in [-0.2, 0) is 9.53 Å². The fraction of sp³-hybridized carbons (Fsp3) is 0.533. The maximum atomic E-state index is 11.9. The highest BCUT2D eigenvalue weighted by Crippen LogP contribution is 2.48. The molecule has 0 spiro atoms. The van der Waals surface area contributed by atoms with Crippen LogP contribution in [0.5, 0.6) is 0 Å². The van der Waals surface area contributed by atoms with E-state index in [4.69, 9.17) is 4.74 Å². The van der Waals surface area contributed by atoms with E-state index in [9.17, 15) is 4.79 Å². The second kappa shape index (κ2) is 5.35. The Morgan fingerprint density at radius 1 is 1.28 bits per heavy atom. The standard InChI is InChI=1S/C15H20O2S/c1-11(2)12-5-7-13(8-6-12)18-15(9-4-10-15)14(16)17-3/h5-8,11H,4,9-10H2,1-3H3. The lowest BCUT2D eigenvalue weighted by Gasteiger charge is -2.38. The molecule has 98 valence electrons. The number of carbonyl (C=O) groups excluding carboxylic acids is 1. The second-order valence-electron chi connectivity index (χ2n) is 5.17. The fourth-order valence-corrected chi connectivity index (χ4v) is 3.56. The summed E-state index contributed by atoms with van der Waals surface area (Å²) in [5.74, 6) is 0.467. The molecule has 2 rings (SSSR count). The van der Waals surface area contributed by atoms with Gasteiger partial charge in [0.1, 0.15) is 4.75 Å². The normalized spacial score (nSPS) is 17.3. The van der Waals surface area contributed by atoms with E-state index in [0.29, 0.717) is 5.92 Å². The summed E-state index contributed by atoms with van der Waals surface area (Å²) in [6.45, 7) is 4.37. The molecule has 0 aromatic heterocycles. The maximum absolute atomic E-state index is 11.9. The Hall–Kier alpha value is -0.960. The van der Waals surface area contributed by atoms with E-state index in [1.807, 2.05) is 0 Å². The highest BCUT2D eigenvalue weighted by molar-refractivity contribution is 8.01. The molecule has 18 heavy (non-hydrogen) atoms. The lowest BCUT2D eigenvalue weighted by molar-refractivity contribution is -0.145. The Labute approximate surface area is 113 Å². The number of hydrogen-bond donors (Lipinski definition) is 0. The molecule has 1 aromatic rings. The monoisotopic (exact) mass is 264 g/mol. The molecule has 0 N–H and O–H groups in total. The molecule has 1 aliphatic rings. The molecule has 3 heteroatoms. The Bertz CT molecular complexity index is 419. The van der Waals surface area contributed by atoms with Crippen molar-refractivity contribution in [2.24, 2.45) is 0 Å². The summed E-state index contributed by atoms with van der Waals surface area (Å²) in [7, 11) is 1.48. The van der Waals surface area contributed by atoms with Crippen LogP contribution in [0.4, 0.5) is 0 Å². The molecule has 0 aliphatic heterocycles. The van der Waals surface area contributed by atoms with Gasteiger partial charge in [-0.2, -0.15) is 0 Å². The minimum atomic E-state index is -0.325. The smallest absolute Gasteiger partial charge is 0.322 e. The Balaban J connectivity index is 2.10. The summed E-state index contributed by atoms with van der Waals surface area (Å²) >= 11 is 1.66. The van der Waals surface area contributed by atoms with Gasteiger partial charge in [0.15, 0.2) is 0 Å². The van der Waals surface area contributed by atoms with Crippen LogP contribution >= 0.6 is 11.8 Å². The zero-order valence-corrected chi connectivity index (χ0v) is 12.0. The van der Waals surface area contributed by atoms with Gasteiger partial charge in [0.2, 0.25) is 0 Å². The first-order chi connectivity index (χ1) is 8.57. The largest absolute Gasteiger partial charge is 0.468 e. The lowest BCUT2D eigenvalue weighted by Crippen LogP contribution is -2.42. The molecule has 1 saturated carbocycles. The van der Waals surface area contributed by atoms with Crippen molar-refractivity contribution in [1.82, 2.24) is 0 Å². The van der Waals surface area contributed by atoms with Crippen LogP contribution < -0.4 is 0 Å². The van der Waals surface area contributed by atoms with E-state index < -0.39 is 0 Å². The first-order valence-electron chi connectivity index (χ1n) is 6.45. The number of ether oxygens (including phenoxy) is 1. The van der Waals surface area contributed by atoms with Crippen LogP contribution in [0, 0.1) is 0 Å². The van der Waals surface area contributed by atoms with Crippen LogP contribution in [0.3, 0.4) is 0 Å².